The fourth-order valence-electron chi connectivity index (χ4n) is 2.48. The summed E-state index contributed by atoms with van der Waals surface area (Å²) in [6.07, 6.45) is 6.18. The molecule has 0 aliphatic heterocycles. The van der Waals surface area contributed by atoms with E-state index >= 15 is 0 Å². The molecule has 0 heterocycles. The third kappa shape index (κ3) is 15.4. The van der Waals surface area contributed by atoms with Crippen molar-refractivity contribution in [1.29, 1.82) is 0 Å². The van der Waals surface area contributed by atoms with Crippen LogP contribution in [-0.2, 0) is 23.9 Å². The molecule has 0 aromatic rings. The van der Waals surface area contributed by atoms with Crippen LogP contribution in [0.3, 0.4) is 0 Å². The van der Waals surface area contributed by atoms with E-state index in [0.717, 1.165) is 19.3 Å². The number of amides is 2. The number of hydrogen-bond acceptors (Lipinski definition) is 6. The Hall–Kier alpha value is -2.19. The minimum Gasteiger partial charge on any atom is -0.461 e. The van der Waals surface area contributed by atoms with Crippen LogP contribution in [0, 0.1) is 5.92 Å². The highest BCUT2D eigenvalue weighted by Crippen LogP contribution is 2.10. The highest BCUT2D eigenvalue weighted by Gasteiger charge is 2.21. The van der Waals surface area contributed by atoms with E-state index in [0.29, 0.717) is 26.0 Å². The van der Waals surface area contributed by atoms with E-state index in [1.54, 1.807) is 13.0 Å². The number of ether oxygens (including phenoxy) is 2. The van der Waals surface area contributed by atoms with Crippen LogP contribution in [0.1, 0.15) is 45.4 Å². The van der Waals surface area contributed by atoms with Gasteiger partial charge >= 0.3 is 5.97 Å². The van der Waals surface area contributed by atoms with E-state index in [4.69, 9.17) is 14.6 Å². The number of carbonyl (C=O) groups is 3. The van der Waals surface area contributed by atoms with Gasteiger partial charge in [0, 0.05) is 19.4 Å². The van der Waals surface area contributed by atoms with Gasteiger partial charge in [0.1, 0.15) is 6.10 Å². The van der Waals surface area contributed by atoms with E-state index in [1.807, 2.05) is 6.08 Å². The van der Waals surface area contributed by atoms with Crippen molar-refractivity contribution < 1.29 is 29.0 Å². The van der Waals surface area contributed by atoms with Gasteiger partial charge in [-0.1, -0.05) is 12.2 Å². The molecule has 0 bridgehead atoms. The molecule has 0 radical (unpaired) electrons. The number of aliphatic hydroxyl groups excluding tert-OH is 1. The van der Waals surface area contributed by atoms with Crippen molar-refractivity contribution in [1.82, 2.24) is 10.6 Å². The first kappa shape index (κ1) is 26.8. The number of esters is 1. The lowest BCUT2D eigenvalue weighted by Gasteiger charge is -2.18. The fourth-order valence-corrected chi connectivity index (χ4v) is 2.48. The third-order valence-corrected chi connectivity index (χ3v) is 3.99. The summed E-state index contributed by atoms with van der Waals surface area (Å²) in [5, 5.41) is 14.0. The number of carbonyl (C=O) groups excluding carboxylic acids is 3. The molecule has 0 aromatic heterocycles. The Balaban J connectivity index is 4.21. The quantitative estimate of drug-likeness (QED) is 0.179. The number of rotatable bonds is 18. The Bertz CT molecular complexity index is 509. The second-order valence-electron chi connectivity index (χ2n) is 6.69. The van der Waals surface area contributed by atoms with Crippen molar-refractivity contribution >= 4 is 17.8 Å². The van der Waals surface area contributed by atoms with Gasteiger partial charge in [-0.2, -0.15) is 0 Å². The predicted molar refractivity (Wildman–Crippen MR) is 111 cm³/mol. The molecular formula is C21H36N2O6. The molecule has 0 aromatic carbocycles. The topological polar surface area (TPSA) is 114 Å². The summed E-state index contributed by atoms with van der Waals surface area (Å²) in [5.41, 5.74) is 0. The van der Waals surface area contributed by atoms with Crippen molar-refractivity contribution in [3.8, 4) is 0 Å². The summed E-state index contributed by atoms with van der Waals surface area (Å²) in [7, 11) is 0. The Morgan fingerprint density at radius 2 is 1.86 bits per heavy atom. The van der Waals surface area contributed by atoms with Crippen LogP contribution in [0.25, 0.3) is 0 Å². The van der Waals surface area contributed by atoms with Crippen LogP contribution in [0.4, 0.5) is 0 Å². The Morgan fingerprint density at radius 1 is 1.10 bits per heavy atom. The Labute approximate surface area is 173 Å². The van der Waals surface area contributed by atoms with Crippen molar-refractivity contribution in [3.63, 3.8) is 0 Å². The first-order chi connectivity index (χ1) is 13.9. The summed E-state index contributed by atoms with van der Waals surface area (Å²) in [4.78, 5) is 36.1. The van der Waals surface area contributed by atoms with Crippen LogP contribution in [-0.4, -0.2) is 61.9 Å². The number of unbranched alkanes of at least 4 members (excludes halogenated alkanes) is 2. The van der Waals surface area contributed by atoms with Crippen LogP contribution < -0.4 is 10.6 Å². The normalized spacial score (nSPS) is 12.5. The van der Waals surface area contributed by atoms with Crippen molar-refractivity contribution in [2.75, 3.05) is 32.9 Å². The van der Waals surface area contributed by atoms with E-state index in [1.165, 1.54) is 0 Å². The molecule has 0 saturated heterocycles. The van der Waals surface area contributed by atoms with Crippen LogP contribution in [0.2, 0.25) is 0 Å². The maximum atomic E-state index is 12.4. The van der Waals surface area contributed by atoms with E-state index < -0.39 is 12.0 Å². The molecule has 3 N–H and O–H groups in total. The van der Waals surface area contributed by atoms with Gasteiger partial charge in [0.25, 0.3) is 0 Å². The zero-order valence-corrected chi connectivity index (χ0v) is 17.5. The first-order valence-corrected chi connectivity index (χ1v) is 10.1. The molecule has 8 nitrogen and oxygen atoms in total. The number of nitrogens with one attached hydrogen (secondary N) is 2. The lowest BCUT2D eigenvalue weighted by atomic mass is 10.00. The molecule has 8 heteroatoms. The molecule has 0 aliphatic rings. The molecule has 0 rings (SSSR count). The predicted octanol–water partition coefficient (Wildman–Crippen LogP) is 1.49. The lowest BCUT2D eigenvalue weighted by molar-refractivity contribution is -0.148. The smallest absolute Gasteiger partial charge is 0.306 e. The standard InChI is InChI=1S/C21H36N2O6/c1-4-6-7-8-10-20(26)29-17(3)16-23-21(27)18(9-5-2)15-19(25)22-11-13-28-14-12-24/h4-5,17-18,24H,1-2,6-16H2,3H3,(H,22,25)(H,23,27). The summed E-state index contributed by atoms with van der Waals surface area (Å²) < 4.78 is 10.3. The number of allylic oxidation sites excluding steroid dienone is 2. The number of hydrogen-bond donors (Lipinski definition) is 3. The zero-order valence-electron chi connectivity index (χ0n) is 17.5. The molecule has 2 unspecified atom stereocenters. The summed E-state index contributed by atoms with van der Waals surface area (Å²) in [5.74, 6) is -1.39. The molecule has 29 heavy (non-hydrogen) atoms. The maximum Gasteiger partial charge on any atom is 0.306 e. The van der Waals surface area contributed by atoms with Gasteiger partial charge in [-0.3, -0.25) is 14.4 Å². The average Bonchev–Trinajstić information content (AvgIpc) is 2.69. The Kier molecular flexibility index (Phi) is 16.5. The maximum absolute atomic E-state index is 12.4. The lowest BCUT2D eigenvalue weighted by Crippen LogP contribution is -2.39. The second-order valence-corrected chi connectivity index (χ2v) is 6.69. The average molecular weight is 413 g/mol. The van der Waals surface area contributed by atoms with Gasteiger partial charge in [0.2, 0.25) is 11.8 Å². The Morgan fingerprint density at radius 3 is 2.52 bits per heavy atom. The molecule has 2 amide bonds. The van der Waals surface area contributed by atoms with Crippen LogP contribution in [0.15, 0.2) is 25.3 Å². The zero-order chi connectivity index (χ0) is 21.9. The first-order valence-electron chi connectivity index (χ1n) is 10.1. The SMILES string of the molecule is C=CCCCCC(=O)OC(C)CNC(=O)C(CC=C)CC(=O)NCCOCCO. The summed E-state index contributed by atoms with van der Waals surface area (Å²) in [6, 6.07) is 0. The van der Waals surface area contributed by atoms with E-state index in [2.05, 4.69) is 23.8 Å². The van der Waals surface area contributed by atoms with Gasteiger partial charge in [-0.15, -0.1) is 13.2 Å². The highest BCUT2D eigenvalue weighted by molar-refractivity contribution is 5.85. The van der Waals surface area contributed by atoms with Crippen LogP contribution in [0.5, 0.6) is 0 Å². The minimum absolute atomic E-state index is 0.0231. The molecular weight excluding hydrogens is 376 g/mol. The van der Waals surface area contributed by atoms with Gasteiger partial charge < -0.3 is 25.2 Å². The van der Waals surface area contributed by atoms with Crippen molar-refractivity contribution in [3.05, 3.63) is 25.3 Å². The van der Waals surface area contributed by atoms with Crippen molar-refractivity contribution in [2.45, 2.75) is 51.6 Å². The highest BCUT2D eigenvalue weighted by atomic mass is 16.5. The molecule has 0 fully saturated rings. The van der Waals surface area contributed by atoms with Crippen molar-refractivity contribution in [2.24, 2.45) is 5.92 Å². The van der Waals surface area contributed by atoms with Crippen LogP contribution >= 0.6 is 0 Å². The van der Waals surface area contributed by atoms with Gasteiger partial charge in [0.05, 0.1) is 32.3 Å². The fraction of sp³-hybridized carbons (Fsp3) is 0.667. The second kappa shape index (κ2) is 17.9. The summed E-state index contributed by atoms with van der Waals surface area (Å²) >= 11 is 0. The minimum atomic E-state index is -0.548. The monoisotopic (exact) mass is 412 g/mol. The van der Waals surface area contributed by atoms with E-state index in [-0.39, 0.29) is 44.0 Å². The van der Waals surface area contributed by atoms with Gasteiger partial charge in [-0.05, 0) is 32.6 Å². The number of aliphatic hydroxyl groups is 1. The van der Waals surface area contributed by atoms with Gasteiger partial charge in [0.15, 0.2) is 0 Å². The third-order valence-electron chi connectivity index (χ3n) is 3.99. The molecule has 2 atom stereocenters. The molecule has 0 aliphatic carbocycles. The molecule has 0 saturated carbocycles. The largest absolute Gasteiger partial charge is 0.461 e. The summed E-state index contributed by atoms with van der Waals surface area (Å²) in [6.45, 7) is 9.91. The van der Waals surface area contributed by atoms with E-state index in [9.17, 15) is 14.4 Å². The van der Waals surface area contributed by atoms with Gasteiger partial charge in [-0.25, -0.2) is 0 Å². The molecule has 0 spiro atoms. The molecule has 166 valence electrons.